The summed E-state index contributed by atoms with van der Waals surface area (Å²) in [4.78, 5) is 16.7. The number of nitrogens with two attached hydrogens (primary N) is 1. The highest BCUT2D eigenvalue weighted by Gasteiger charge is 2.26. The van der Waals surface area contributed by atoms with Crippen molar-refractivity contribution in [1.82, 2.24) is 14.8 Å². The number of hydrogen-bond donors (Lipinski definition) is 1. The van der Waals surface area contributed by atoms with Crippen molar-refractivity contribution >= 4 is 17.2 Å². The normalized spacial score (nSPS) is 12.8. The van der Waals surface area contributed by atoms with Gasteiger partial charge in [-0.1, -0.05) is 18.2 Å². The van der Waals surface area contributed by atoms with E-state index in [-0.39, 0.29) is 0 Å². The number of para-hydroxylation sites is 1. The molecule has 0 bridgehead atoms. The zero-order valence-electron chi connectivity index (χ0n) is 11.1. The maximum absolute atomic E-state index is 11.4. The van der Waals surface area contributed by atoms with Gasteiger partial charge < -0.3 is 5.73 Å². The predicted molar refractivity (Wildman–Crippen MR) is 80.6 cm³/mol. The van der Waals surface area contributed by atoms with Crippen LogP contribution in [0.25, 0.3) is 16.3 Å². The van der Waals surface area contributed by atoms with Crippen molar-refractivity contribution in [3.05, 3.63) is 52.8 Å². The molecule has 104 valence electrons. The number of nitrogens with zero attached hydrogens (tertiary/aromatic N) is 3. The third-order valence-electron chi connectivity index (χ3n) is 3.60. The number of fused-ring (bicyclic) bond motifs is 3. The van der Waals surface area contributed by atoms with Crippen LogP contribution in [0.5, 0.6) is 0 Å². The average Bonchev–Trinajstić information content (AvgIpc) is 3.11. The number of benzene rings is 1. The maximum Gasteiger partial charge on any atom is 0.277 e. The third kappa shape index (κ3) is 1.87. The minimum absolute atomic E-state index is 0.369. The van der Waals surface area contributed by atoms with Crippen LogP contribution in [0.1, 0.15) is 21.1 Å². The van der Waals surface area contributed by atoms with E-state index in [1.807, 2.05) is 41.2 Å². The van der Waals surface area contributed by atoms with E-state index in [0.717, 1.165) is 34.8 Å². The average molecular weight is 296 g/mol. The molecular weight excluding hydrogens is 284 g/mol. The second-order valence-electron chi connectivity index (χ2n) is 4.92. The molecule has 0 saturated carbocycles. The van der Waals surface area contributed by atoms with Crippen LogP contribution in [0.3, 0.4) is 0 Å². The largest absolute Gasteiger partial charge is 0.364 e. The van der Waals surface area contributed by atoms with Gasteiger partial charge in [0.2, 0.25) is 0 Å². The van der Waals surface area contributed by atoms with Crippen molar-refractivity contribution in [3.63, 3.8) is 0 Å². The highest BCUT2D eigenvalue weighted by Crippen LogP contribution is 2.38. The van der Waals surface area contributed by atoms with Gasteiger partial charge in [0.25, 0.3) is 5.91 Å². The first kappa shape index (κ1) is 12.3. The first-order valence-corrected chi connectivity index (χ1v) is 7.48. The number of primary amides is 1. The zero-order valence-corrected chi connectivity index (χ0v) is 11.9. The number of aryl methyl sites for hydroxylation is 2. The number of carbonyl (C=O) groups is 1. The molecule has 4 rings (SSSR count). The van der Waals surface area contributed by atoms with E-state index in [2.05, 4.69) is 10.1 Å². The van der Waals surface area contributed by atoms with Crippen LogP contribution in [-0.2, 0) is 12.8 Å². The molecule has 6 heteroatoms. The molecule has 1 aliphatic rings. The van der Waals surface area contributed by atoms with Crippen LogP contribution in [0.15, 0.2) is 36.5 Å². The molecule has 0 spiro atoms. The number of amides is 1. The second-order valence-corrected chi connectivity index (χ2v) is 5.92. The van der Waals surface area contributed by atoms with Gasteiger partial charge in [0.15, 0.2) is 5.01 Å². The number of aromatic nitrogens is 3. The molecule has 2 aromatic heterocycles. The minimum atomic E-state index is -0.471. The van der Waals surface area contributed by atoms with E-state index in [4.69, 9.17) is 5.73 Å². The van der Waals surface area contributed by atoms with Crippen LogP contribution in [0, 0.1) is 0 Å². The SMILES string of the molecule is NC(=O)c1nc2c(s1)-c1c(cnn1-c1ccccc1)CC2. The summed E-state index contributed by atoms with van der Waals surface area (Å²) in [6.07, 6.45) is 3.61. The molecule has 1 aliphatic carbocycles. The van der Waals surface area contributed by atoms with Crippen LogP contribution < -0.4 is 5.73 Å². The van der Waals surface area contributed by atoms with E-state index < -0.39 is 5.91 Å². The smallest absolute Gasteiger partial charge is 0.277 e. The van der Waals surface area contributed by atoms with Gasteiger partial charge in [-0.05, 0) is 30.5 Å². The third-order valence-corrected chi connectivity index (χ3v) is 4.72. The number of thiazole rings is 1. The van der Waals surface area contributed by atoms with Crippen LogP contribution in [0.4, 0.5) is 0 Å². The van der Waals surface area contributed by atoms with Gasteiger partial charge in [-0.3, -0.25) is 4.79 Å². The van der Waals surface area contributed by atoms with Crippen molar-refractivity contribution in [2.24, 2.45) is 5.73 Å². The van der Waals surface area contributed by atoms with Crippen LogP contribution in [0.2, 0.25) is 0 Å². The van der Waals surface area contributed by atoms with Gasteiger partial charge >= 0.3 is 0 Å². The Morgan fingerprint density at radius 2 is 2.05 bits per heavy atom. The first-order chi connectivity index (χ1) is 10.2. The maximum atomic E-state index is 11.4. The Balaban J connectivity index is 1.93. The number of rotatable bonds is 2. The lowest BCUT2D eigenvalue weighted by molar-refractivity contribution is 0.1000. The summed E-state index contributed by atoms with van der Waals surface area (Å²) < 4.78 is 1.91. The first-order valence-electron chi connectivity index (χ1n) is 6.66. The zero-order chi connectivity index (χ0) is 14.4. The van der Waals surface area contributed by atoms with E-state index in [0.29, 0.717) is 5.01 Å². The highest BCUT2D eigenvalue weighted by atomic mass is 32.1. The molecule has 0 saturated heterocycles. The van der Waals surface area contributed by atoms with Gasteiger partial charge in [-0.25, -0.2) is 9.67 Å². The van der Waals surface area contributed by atoms with Crippen molar-refractivity contribution in [2.45, 2.75) is 12.8 Å². The van der Waals surface area contributed by atoms with Gasteiger partial charge in [0, 0.05) is 0 Å². The summed E-state index contributed by atoms with van der Waals surface area (Å²) in [7, 11) is 0. The van der Waals surface area contributed by atoms with Crippen LogP contribution in [-0.4, -0.2) is 20.7 Å². The Hall–Kier alpha value is -2.47. The molecule has 0 unspecified atom stereocenters. The van der Waals surface area contributed by atoms with E-state index in [1.165, 1.54) is 16.9 Å². The lowest BCUT2D eigenvalue weighted by Gasteiger charge is -2.13. The monoisotopic (exact) mass is 296 g/mol. The van der Waals surface area contributed by atoms with E-state index >= 15 is 0 Å². The fraction of sp³-hybridized carbons (Fsp3) is 0.133. The van der Waals surface area contributed by atoms with Crippen molar-refractivity contribution in [3.8, 4) is 16.3 Å². The Kier molecular flexibility index (Phi) is 2.65. The topological polar surface area (TPSA) is 73.8 Å². The minimum Gasteiger partial charge on any atom is -0.364 e. The van der Waals surface area contributed by atoms with E-state index in [1.54, 1.807) is 0 Å². The summed E-state index contributed by atoms with van der Waals surface area (Å²) >= 11 is 1.35. The molecule has 2 heterocycles. The summed E-state index contributed by atoms with van der Waals surface area (Å²) in [6.45, 7) is 0. The molecular formula is C15H12N4OS. The lowest BCUT2D eigenvalue weighted by atomic mass is 10.0. The molecule has 21 heavy (non-hydrogen) atoms. The Labute approximate surface area is 125 Å². The predicted octanol–water partition coefficient (Wildman–Crippen LogP) is 2.19. The van der Waals surface area contributed by atoms with Crippen LogP contribution >= 0.6 is 11.3 Å². The molecule has 1 aromatic carbocycles. The Morgan fingerprint density at radius 1 is 1.24 bits per heavy atom. The van der Waals surface area contributed by atoms with Gasteiger partial charge in [-0.2, -0.15) is 5.10 Å². The van der Waals surface area contributed by atoms with Gasteiger partial charge in [0.05, 0.1) is 28.1 Å². The molecule has 0 fully saturated rings. The fourth-order valence-electron chi connectivity index (χ4n) is 2.64. The summed E-state index contributed by atoms with van der Waals surface area (Å²) in [5, 5.41) is 4.87. The van der Waals surface area contributed by atoms with E-state index in [9.17, 15) is 4.79 Å². The van der Waals surface area contributed by atoms with Gasteiger partial charge in [0.1, 0.15) is 0 Å². The summed E-state index contributed by atoms with van der Waals surface area (Å²) in [5.41, 5.74) is 9.52. The fourth-order valence-corrected chi connectivity index (χ4v) is 3.67. The summed E-state index contributed by atoms with van der Waals surface area (Å²) in [5.74, 6) is -0.471. The van der Waals surface area contributed by atoms with Crippen molar-refractivity contribution in [1.29, 1.82) is 0 Å². The Bertz CT molecular complexity index is 835. The molecule has 1 amide bonds. The number of hydrogen-bond acceptors (Lipinski definition) is 4. The van der Waals surface area contributed by atoms with Crippen molar-refractivity contribution in [2.75, 3.05) is 0 Å². The Morgan fingerprint density at radius 3 is 2.81 bits per heavy atom. The lowest BCUT2D eigenvalue weighted by Crippen LogP contribution is -2.10. The highest BCUT2D eigenvalue weighted by molar-refractivity contribution is 7.17. The standard InChI is InChI=1S/C15H12N4OS/c16-14(20)15-18-11-7-6-9-8-17-19(12(9)13(11)21-15)10-4-2-1-3-5-10/h1-5,8H,6-7H2,(H2,16,20). The molecule has 5 nitrogen and oxygen atoms in total. The van der Waals surface area contributed by atoms with Crippen molar-refractivity contribution < 1.29 is 4.79 Å². The molecule has 3 aromatic rings. The molecule has 0 radical (unpaired) electrons. The second kappa shape index (κ2) is 4.53. The summed E-state index contributed by atoms with van der Waals surface area (Å²) in [6, 6.07) is 9.96. The van der Waals surface area contributed by atoms with Gasteiger partial charge in [-0.15, -0.1) is 11.3 Å². The molecule has 0 aliphatic heterocycles. The quantitative estimate of drug-likeness (QED) is 0.787. The number of carbonyl (C=O) groups excluding carboxylic acids is 1. The molecule has 0 atom stereocenters. The molecule has 2 N–H and O–H groups in total.